The van der Waals surface area contributed by atoms with Crippen LogP contribution < -0.4 is 15.7 Å². The lowest BCUT2D eigenvalue weighted by Gasteiger charge is -2.15. The number of benzene rings is 4. The molecule has 0 spiro atoms. The van der Waals surface area contributed by atoms with Gasteiger partial charge in [-0.1, -0.05) is 0 Å². The van der Waals surface area contributed by atoms with Gasteiger partial charge >= 0.3 is 0 Å². The molecule has 0 heterocycles. The van der Waals surface area contributed by atoms with Crippen LogP contribution in [-0.4, -0.2) is 15.6 Å². The van der Waals surface area contributed by atoms with Crippen LogP contribution in [0, 0.1) is 15.6 Å². The summed E-state index contributed by atoms with van der Waals surface area (Å²) < 4.78 is 0. The largest absolute Gasteiger partial charge is 0.595 e. The van der Waals surface area contributed by atoms with Crippen molar-refractivity contribution in [2.75, 3.05) is 0 Å². The van der Waals surface area contributed by atoms with Gasteiger partial charge in [-0.2, -0.15) is 15.7 Å². The molecule has 0 fully saturated rings. The van der Waals surface area contributed by atoms with Crippen LogP contribution in [0.2, 0.25) is 0 Å². The zero-order chi connectivity index (χ0) is 23.5. The molecular weight excluding hydrogens is 426 g/mol. The van der Waals surface area contributed by atoms with Gasteiger partial charge in [0.05, 0.1) is 0 Å². The van der Waals surface area contributed by atoms with E-state index >= 15 is 0 Å². The Balaban J connectivity index is 1.81. The quantitative estimate of drug-likeness (QED) is 0.249. The fourth-order valence-electron chi connectivity index (χ4n) is 3.54. The Bertz CT molecular complexity index is 1060. The molecule has 0 saturated carbocycles. The summed E-state index contributed by atoms with van der Waals surface area (Å²) >= 11 is 0. The van der Waals surface area contributed by atoms with Crippen LogP contribution in [0.25, 0.3) is 33.4 Å². The topological polar surface area (TPSA) is 143 Å². The molecule has 0 aliphatic carbocycles. The smallest absolute Gasteiger partial charge is 0.163 e. The summed E-state index contributed by atoms with van der Waals surface area (Å²) in [6, 6.07) is 25.4. The van der Waals surface area contributed by atoms with Gasteiger partial charge in [0.15, 0.2) is 17.1 Å². The fraction of sp³-hybridized carbons (Fsp3) is 0. The highest BCUT2D eigenvalue weighted by molar-refractivity contribution is 5.81. The molecule has 9 nitrogen and oxygen atoms in total. The third-order valence-corrected chi connectivity index (χ3v) is 5.33. The number of rotatable bonds is 6. The molecule has 33 heavy (non-hydrogen) atoms. The average molecular weight is 447 g/mol. The molecule has 0 saturated heterocycles. The van der Waals surface area contributed by atoms with Gasteiger partial charge in [0, 0.05) is 36.4 Å². The van der Waals surface area contributed by atoms with Crippen LogP contribution in [-0.2, 0) is 0 Å². The van der Waals surface area contributed by atoms with E-state index in [9.17, 15) is 31.2 Å². The van der Waals surface area contributed by atoms with Crippen molar-refractivity contribution < 1.29 is 31.3 Å². The summed E-state index contributed by atoms with van der Waals surface area (Å²) in [6.45, 7) is 0. The van der Waals surface area contributed by atoms with Gasteiger partial charge in [-0.25, -0.2) is 15.6 Å². The van der Waals surface area contributed by atoms with Gasteiger partial charge in [0.2, 0.25) is 0 Å². The molecule has 0 aromatic heterocycles. The highest BCUT2D eigenvalue weighted by atomic mass is 16.8. The summed E-state index contributed by atoms with van der Waals surface area (Å²) in [4.78, 5) is 0. The number of hydrogen-bond acceptors (Lipinski definition) is 6. The van der Waals surface area contributed by atoms with Gasteiger partial charge in [-0.15, -0.1) is 0 Å². The summed E-state index contributed by atoms with van der Waals surface area (Å²) in [5.41, 5.74) is 5.50. The van der Waals surface area contributed by atoms with E-state index < -0.39 is 15.7 Å². The fourth-order valence-corrected chi connectivity index (χ4v) is 3.54. The summed E-state index contributed by atoms with van der Waals surface area (Å²) in [6.07, 6.45) is 0. The highest BCUT2D eigenvalue weighted by Gasteiger charge is 2.10. The number of quaternary nitrogens is 3. The molecule has 0 radical (unpaired) electrons. The van der Waals surface area contributed by atoms with Crippen LogP contribution in [0.15, 0.2) is 91.0 Å². The first kappa shape index (κ1) is 22.7. The van der Waals surface area contributed by atoms with E-state index in [4.69, 9.17) is 0 Å². The Kier molecular flexibility index (Phi) is 6.58. The molecule has 4 aromatic carbocycles. The molecule has 3 unspecified atom stereocenters. The lowest BCUT2D eigenvalue weighted by Crippen LogP contribution is -2.99. The average Bonchev–Trinajstić information content (AvgIpc) is 2.84. The first-order chi connectivity index (χ1) is 15.8. The molecule has 168 valence electrons. The SMILES string of the molecule is [O-][NH+](O)c1ccc(-c2cc(-c3ccc([NH+]([O-])O)cc3)cc(-c3ccc([NH+]([O-])O)cc3)c2)cc1. The third-order valence-electron chi connectivity index (χ3n) is 5.33. The third kappa shape index (κ3) is 5.13. The van der Waals surface area contributed by atoms with Gasteiger partial charge < -0.3 is 15.6 Å². The Labute approximate surface area is 188 Å². The second kappa shape index (κ2) is 9.57. The molecule has 6 N–H and O–H groups in total. The maximum absolute atomic E-state index is 11.2. The van der Waals surface area contributed by atoms with E-state index in [1.807, 2.05) is 18.2 Å². The monoisotopic (exact) mass is 447 g/mol. The van der Waals surface area contributed by atoms with Crippen molar-refractivity contribution in [3.05, 3.63) is 107 Å². The predicted octanol–water partition coefficient (Wildman–Crippen LogP) is 1.90. The molecule has 3 atom stereocenters. The molecule has 0 bridgehead atoms. The first-order valence-corrected chi connectivity index (χ1v) is 9.98. The van der Waals surface area contributed by atoms with Crippen molar-refractivity contribution >= 4 is 17.1 Å². The Hall–Kier alpha value is -3.48. The van der Waals surface area contributed by atoms with Gasteiger partial charge in [0.25, 0.3) is 0 Å². The van der Waals surface area contributed by atoms with Crippen molar-refractivity contribution in [1.29, 1.82) is 0 Å². The Morgan fingerprint density at radius 2 is 0.576 bits per heavy atom. The van der Waals surface area contributed by atoms with Crippen molar-refractivity contribution in [2.45, 2.75) is 0 Å². The van der Waals surface area contributed by atoms with Crippen LogP contribution in [0.4, 0.5) is 17.1 Å². The van der Waals surface area contributed by atoms with Crippen molar-refractivity contribution in [3.63, 3.8) is 0 Å². The minimum Gasteiger partial charge on any atom is -0.595 e. The zero-order valence-corrected chi connectivity index (χ0v) is 17.2. The zero-order valence-electron chi connectivity index (χ0n) is 17.2. The van der Waals surface area contributed by atoms with Crippen LogP contribution in [0.5, 0.6) is 0 Å². The second-order valence-corrected chi connectivity index (χ2v) is 7.45. The molecule has 0 aliphatic heterocycles. The Morgan fingerprint density at radius 1 is 0.364 bits per heavy atom. The number of nitrogens with one attached hydrogen (secondary N) is 3. The van der Waals surface area contributed by atoms with E-state index in [1.165, 1.54) is 36.4 Å². The lowest BCUT2D eigenvalue weighted by molar-refractivity contribution is -0.991. The van der Waals surface area contributed by atoms with Crippen LogP contribution in [0.1, 0.15) is 0 Å². The van der Waals surface area contributed by atoms with E-state index in [0.717, 1.165) is 33.4 Å². The summed E-state index contributed by atoms with van der Waals surface area (Å²) in [5.74, 6) is 0. The molecule has 4 rings (SSSR count). The highest BCUT2D eigenvalue weighted by Crippen LogP contribution is 2.33. The molecule has 9 heteroatoms. The number of hydrogen-bond donors (Lipinski definition) is 6. The van der Waals surface area contributed by atoms with Gasteiger partial charge in [-0.05, 0) is 88.0 Å². The van der Waals surface area contributed by atoms with Crippen molar-refractivity contribution in [1.82, 2.24) is 0 Å². The summed E-state index contributed by atoms with van der Waals surface area (Å²) in [7, 11) is 0. The Morgan fingerprint density at radius 3 is 0.758 bits per heavy atom. The molecular formula is C24H21N3O6. The minimum absolute atomic E-state index is 0.184. The van der Waals surface area contributed by atoms with Crippen molar-refractivity contribution in [2.24, 2.45) is 0 Å². The van der Waals surface area contributed by atoms with Gasteiger partial charge in [0.1, 0.15) is 0 Å². The van der Waals surface area contributed by atoms with E-state index in [-0.39, 0.29) is 17.1 Å². The predicted molar refractivity (Wildman–Crippen MR) is 120 cm³/mol. The van der Waals surface area contributed by atoms with E-state index in [0.29, 0.717) is 0 Å². The maximum atomic E-state index is 11.2. The van der Waals surface area contributed by atoms with Crippen molar-refractivity contribution in [3.8, 4) is 33.4 Å². The van der Waals surface area contributed by atoms with Crippen LogP contribution >= 0.6 is 0 Å². The lowest BCUT2D eigenvalue weighted by atomic mass is 9.93. The molecule has 0 amide bonds. The standard InChI is InChI=1S/C24H21N3O6/c28-25(29)22-7-1-16(2-8-22)19-13-20(17-3-9-23(10-4-17)26(30)31)15-21(14-19)18-5-11-24(12-6-18)27(32)33/h1-15,25-28,30,32H. The summed E-state index contributed by atoms with van der Waals surface area (Å²) in [5, 5.41) is 58.1. The molecule has 4 aromatic rings. The normalized spacial score (nSPS) is 14.0. The molecule has 0 aliphatic rings. The first-order valence-electron chi connectivity index (χ1n) is 9.98. The van der Waals surface area contributed by atoms with Crippen LogP contribution in [0.3, 0.4) is 0 Å². The van der Waals surface area contributed by atoms with E-state index in [2.05, 4.69) is 0 Å². The van der Waals surface area contributed by atoms with E-state index in [1.54, 1.807) is 36.4 Å². The minimum atomic E-state index is -1.01. The second-order valence-electron chi connectivity index (χ2n) is 7.45. The maximum Gasteiger partial charge on any atom is 0.163 e. The van der Waals surface area contributed by atoms with Gasteiger partial charge in [-0.3, -0.25) is 0 Å².